The minimum atomic E-state index is -0.403. The summed E-state index contributed by atoms with van der Waals surface area (Å²) in [5.41, 5.74) is 1.26. The van der Waals surface area contributed by atoms with Crippen LogP contribution in [0.3, 0.4) is 0 Å². The summed E-state index contributed by atoms with van der Waals surface area (Å²) in [6, 6.07) is 9.50. The lowest BCUT2D eigenvalue weighted by Gasteiger charge is -2.18. The Labute approximate surface area is 159 Å². The molecule has 0 unspecified atom stereocenters. The van der Waals surface area contributed by atoms with Crippen LogP contribution in [-0.4, -0.2) is 28.9 Å². The third-order valence-electron chi connectivity index (χ3n) is 4.08. The van der Waals surface area contributed by atoms with E-state index >= 15 is 0 Å². The van der Waals surface area contributed by atoms with Crippen LogP contribution in [0.15, 0.2) is 48.8 Å². The lowest BCUT2D eigenvalue weighted by atomic mass is 10.2. The molecular formula is C19H15ClFN3O3. The molecule has 0 spiro atoms. The Hall–Kier alpha value is -3.06. The van der Waals surface area contributed by atoms with Crippen LogP contribution in [0.1, 0.15) is 15.9 Å². The summed E-state index contributed by atoms with van der Waals surface area (Å²) in [4.78, 5) is 12.5. The number of carbonyl (C=O) groups is 1. The molecule has 27 heavy (non-hydrogen) atoms. The number of carbonyl (C=O) groups excluding carboxylic acids is 1. The van der Waals surface area contributed by atoms with Crippen molar-refractivity contribution in [3.63, 3.8) is 0 Å². The van der Waals surface area contributed by atoms with E-state index in [9.17, 15) is 9.18 Å². The molecule has 1 N–H and O–H groups in total. The summed E-state index contributed by atoms with van der Waals surface area (Å²) < 4.78 is 26.3. The Bertz CT molecular complexity index is 985. The summed E-state index contributed by atoms with van der Waals surface area (Å²) in [5, 5.41) is 7.22. The standard InChI is InChI=1S/C19H15ClFN3O3/c20-15-2-1-3-16(21)14(15)11-24-10-13(9-22-24)23-19(25)12-4-5-17-18(8-12)27-7-6-26-17/h1-5,8-10H,6-7,11H2,(H,23,25). The minimum absolute atomic E-state index is 0.158. The van der Waals surface area contributed by atoms with Gasteiger partial charge in [0.2, 0.25) is 0 Å². The van der Waals surface area contributed by atoms with Gasteiger partial charge in [-0.25, -0.2) is 4.39 Å². The van der Waals surface area contributed by atoms with Gasteiger partial charge in [0.25, 0.3) is 5.91 Å². The summed E-state index contributed by atoms with van der Waals surface area (Å²) in [6.07, 6.45) is 3.10. The molecule has 3 aromatic rings. The lowest BCUT2D eigenvalue weighted by Crippen LogP contribution is -2.17. The Balaban J connectivity index is 1.47. The van der Waals surface area contributed by atoms with Crippen LogP contribution < -0.4 is 14.8 Å². The van der Waals surface area contributed by atoms with Crippen LogP contribution >= 0.6 is 11.6 Å². The smallest absolute Gasteiger partial charge is 0.255 e. The van der Waals surface area contributed by atoms with Gasteiger partial charge in [-0.15, -0.1) is 0 Å². The van der Waals surface area contributed by atoms with E-state index in [2.05, 4.69) is 10.4 Å². The van der Waals surface area contributed by atoms with Crippen molar-refractivity contribution >= 4 is 23.2 Å². The second-order valence-corrected chi connectivity index (χ2v) is 6.35. The molecule has 0 saturated carbocycles. The van der Waals surface area contributed by atoms with E-state index in [1.54, 1.807) is 36.5 Å². The molecule has 0 saturated heterocycles. The monoisotopic (exact) mass is 387 g/mol. The van der Waals surface area contributed by atoms with Gasteiger partial charge in [0.1, 0.15) is 19.0 Å². The second-order valence-electron chi connectivity index (χ2n) is 5.94. The number of fused-ring (bicyclic) bond motifs is 1. The predicted molar refractivity (Wildman–Crippen MR) is 98.1 cm³/mol. The fraction of sp³-hybridized carbons (Fsp3) is 0.158. The molecule has 1 aliphatic rings. The van der Waals surface area contributed by atoms with Gasteiger partial charge in [0, 0.05) is 22.3 Å². The van der Waals surface area contributed by atoms with Crippen LogP contribution in [0.2, 0.25) is 5.02 Å². The number of nitrogens with zero attached hydrogens (tertiary/aromatic N) is 2. The van der Waals surface area contributed by atoms with Crippen molar-refractivity contribution in [2.24, 2.45) is 0 Å². The third kappa shape index (κ3) is 3.73. The zero-order valence-corrected chi connectivity index (χ0v) is 14.9. The van der Waals surface area contributed by atoms with Gasteiger partial charge in [0.05, 0.1) is 18.4 Å². The van der Waals surface area contributed by atoms with E-state index in [1.165, 1.54) is 16.9 Å². The topological polar surface area (TPSA) is 65.4 Å². The first-order chi connectivity index (χ1) is 13.1. The molecule has 0 aliphatic carbocycles. The van der Waals surface area contributed by atoms with E-state index in [4.69, 9.17) is 21.1 Å². The van der Waals surface area contributed by atoms with Gasteiger partial charge in [0.15, 0.2) is 11.5 Å². The molecule has 4 rings (SSSR count). The minimum Gasteiger partial charge on any atom is -0.486 e. The van der Waals surface area contributed by atoms with E-state index in [0.29, 0.717) is 46.5 Å². The predicted octanol–water partition coefficient (Wildman–Crippen LogP) is 3.75. The fourth-order valence-electron chi connectivity index (χ4n) is 2.75. The molecule has 0 atom stereocenters. The number of hydrogen-bond acceptors (Lipinski definition) is 4. The van der Waals surface area contributed by atoms with E-state index < -0.39 is 5.82 Å². The molecule has 0 bridgehead atoms. The molecule has 1 aromatic heterocycles. The van der Waals surface area contributed by atoms with Crippen molar-refractivity contribution in [3.05, 3.63) is 70.8 Å². The molecule has 6 nitrogen and oxygen atoms in total. The maximum Gasteiger partial charge on any atom is 0.255 e. The number of aromatic nitrogens is 2. The van der Waals surface area contributed by atoms with E-state index in [-0.39, 0.29) is 12.5 Å². The number of benzene rings is 2. The van der Waals surface area contributed by atoms with Crippen molar-refractivity contribution in [2.75, 3.05) is 18.5 Å². The maximum absolute atomic E-state index is 13.9. The molecule has 1 amide bonds. The zero-order chi connectivity index (χ0) is 18.8. The Morgan fingerprint density at radius 2 is 2.04 bits per heavy atom. The molecule has 2 aromatic carbocycles. The highest BCUT2D eigenvalue weighted by molar-refractivity contribution is 6.31. The first-order valence-electron chi connectivity index (χ1n) is 8.26. The van der Waals surface area contributed by atoms with Gasteiger partial charge in [-0.3, -0.25) is 9.48 Å². The van der Waals surface area contributed by atoms with Gasteiger partial charge < -0.3 is 14.8 Å². The number of amides is 1. The number of anilines is 1. The van der Waals surface area contributed by atoms with E-state index in [0.717, 1.165) is 0 Å². The highest BCUT2D eigenvalue weighted by Gasteiger charge is 2.16. The number of nitrogens with one attached hydrogen (secondary N) is 1. The van der Waals surface area contributed by atoms with Crippen LogP contribution in [0.25, 0.3) is 0 Å². The van der Waals surface area contributed by atoms with E-state index in [1.807, 2.05) is 0 Å². The van der Waals surface area contributed by atoms with Crippen LogP contribution in [0, 0.1) is 5.82 Å². The first-order valence-corrected chi connectivity index (χ1v) is 8.64. The highest BCUT2D eigenvalue weighted by atomic mass is 35.5. The summed E-state index contributed by atoms with van der Waals surface area (Å²) in [7, 11) is 0. The molecular weight excluding hydrogens is 373 g/mol. The van der Waals surface area contributed by atoms with Gasteiger partial charge in [-0.05, 0) is 30.3 Å². The van der Waals surface area contributed by atoms with Gasteiger partial charge in [-0.1, -0.05) is 17.7 Å². The average Bonchev–Trinajstić information content (AvgIpc) is 3.11. The summed E-state index contributed by atoms with van der Waals surface area (Å²) >= 11 is 6.04. The van der Waals surface area contributed by atoms with Crippen LogP contribution in [0.4, 0.5) is 10.1 Å². The molecule has 138 valence electrons. The number of halogens is 2. The van der Waals surface area contributed by atoms with Crippen molar-refractivity contribution < 1.29 is 18.7 Å². The van der Waals surface area contributed by atoms with Crippen molar-refractivity contribution in [3.8, 4) is 11.5 Å². The average molecular weight is 388 g/mol. The Morgan fingerprint density at radius 1 is 1.22 bits per heavy atom. The van der Waals surface area contributed by atoms with Gasteiger partial charge >= 0.3 is 0 Å². The highest BCUT2D eigenvalue weighted by Crippen LogP contribution is 2.31. The van der Waals surface area contributed by atoms with Crippen molar-refractivity contribution in [1.82, 2.24) is 9.78 Å². The quantitative estimate of drug-likeness (QED) is 0.740. The summed E-state index contributed by atoms with van der Waals surface area (Å²) in [6.45, 7) is 1.10. The molecule has 0 fully saturated rings. The molecule has 8 heteroatoms. The van der Waals surface area contributed by atoms with Crippen LogP contribution in [0.5, 0.6) is 11.5 Å². The number of ether oxygens (including phenoxy) is 2. The first kappa shape index (κ1) is 17.4. The SMILES string of the molecule is O=C(Nc1cnn(Cc2c(F)cccc2Cl)c1)c1ccc2c(c1)OCCO2. The largest absolute Gasteiger partial charge is 0.486 e. The lowest BCUT2D eigenvalue weighted by molar-refractivity contribution is 0.102. The van der Waals surface area contributed by atoms with Crippen molar-refractivity contribution in [1.29, 1.82) is 0 Å². The third-order valence-corrected chi connectivity index (χ3v) is 4.43. The fourth-order valence-corrected chi connectivity index (χ4v) is 2.97. The zero-order valence-electron chi connectivity index (χ0n) is 14.1. The Morgan fingerprint density at radius 3 is 2.85 bits per heavy atom. The molecule has 0 radical (unpaired) electrons. The maximum atomic E-state index is 13.9. The number of rotatable bonds is 4. The second kappa shape index (κ2) is 7.28. The number of hydrogen-bond donors (Lipinski definition) is 1. The molecule has 1 aliphatic heterocycles. The normalized spacial score (nSPS) is 12.7. The Kier molecular flexibility index (Phi) is 4.68. The molecule has 2 heterocycles. The van der Waals surface area contributed by atoms with Gasteiger partial charge in [-0.2, -0.15) is 5.10 Å². The van der Waals surface area contributed by atoms with Crippen molar-refractivity contribution in [2.45, 2.75) is 6.54 Å². The summed E-state index contributed by atoms with van der Waals surface area (Å²) in [5.74, 6) is 0.446. The van der Waals surface area contributed by atoms with Crippen LogP contribution in [-0.2, 0) is 6.54 Å².